The lowest BCUT2D eigenvalue weighted by Gasteiger charge is -2.34. The SMILES string of the molecule is Nc1ccccc1N1CC2(CCCCC2)c2ccccc21. The van der Waals surface area contributed by atoms with Crippen LogP contribution in [0.5, 0.6) is 0 Å². The number of nitrogens with zero attached hydrogens (tertiary/aromatic N) is 1. The zero-order valence-electron chi connectivity index (χ0n) is 12.4. The van der Waals surface area contributed by atoms with Crippen LogP contribution in [0.15, 0.2) is 48.5 Å². The van der Waals surface area contributed by atoms with Gasteiger partial charge in [-0.2, -0.15) is 0 Å². The number of rotatable bonds is 1. The highest BCUT2D eigenvalue weighted by molar-refractivity contribution is 5.79. The zero-order chi connectivity index (χ0) is 14.3. The second-order valence-corrected chi connectivity index (χ2v) is 6.50. The Morgan fingerprint density at radius 1 is 0.810 bits per heavy atom. The van der Waals surface area contributed by atoms with Crippen molar-refractivity contribution in [2.24, 2.45) is 0 Å². The molecule has 2 heteroatoms. The zero-order valence-corrected chi connectivity index (χ0v) is 12.4. The Morgan fingerprint density at radius 2 is 1.48 bits per heavy atom. The fourth-order valence-electron chi connectivity index (χ4n) is 4.23. The molecule has 0 bridgehead atoms. The molecule has 0 aromatic heterocycles. The van der Waals surface area contributed by atoms with Gasteiger partial charge in [0.2, 0.25) is 0 Å². The van der Waals surface area contributed by atoms with Crippen LogP contribution in [0, 0.1) is 0 Å². The van der Waals surface area contributed by atoms with Crippen molar-refractivity contribution in [2.75, 3.05) is 17.2 Å². The molecule has 0 radical (unpaired) electrons. The predicted octanol–water partition coefficient (Wildman–Crippen LogP) is 4.62. The summed E-state index contributed by atoms with van der Waals surface area (Å²) in [4.78, 5) is 2.44. The van der Waals surface area contributed by atoms with E-state index in [9.17, 15) is 0 Å². The first kappa shape index (κ1) is 12.8. The first-order valence-electron chi connectivity index (χ1n) is 8.02. The van der Waals surface area contributed by atoms with Gasteiger partial charge in [-0.1, -0.05) is 49.6 Å². The van der Waals surface area contributed by atoms with Crippen LogP contribution < -0.4 is 10.6 Å². The van der Waals surface area contributed by atoms with Crippen molar-refractivity contribution in [3.8, 4) is 0 Å². The average molecular weight is 278 g/mol. The van der Waals surface area contributed by atoms with Crippen molar-refractivity contribution in [1.82, 2.24) is 0 Å². The quantitative estimate of drug-likeness (QED) is 0.771. The minimum absolute atomic E-state index is 0.344. The van der Waals surface area contributed by atoms with Gasteiger partial charge < -0.3 is 10.6 Å². The molecule has 0 saturated heterocycles. The molecule has 1 aliphatic heterocycles. The Labute approximate surface area is 126 Å². The van der Waals surface area contributed by atoms with Gasteiger partial charge >= 0.3 is 0 Å². The molecule has 2 aromatic carbocycles. The van der Waals surface area contributed by atoms with E-state index < -0.39 is 0 Å². The number of anilines is 3. The minimum Gasteiger partial charge on any atom is -0.397 e. The van der Waals surface area contributed by atoms with Gasteiger partial charge in [-0.25, -0.2) is 0 Å². The monoisotopic (exact) mass is 278 g/mol. The maximum atomic E-state index is 6.23. The Balaban J connectivity index is 1.83. The fourth-order valence-corrected chi connectivity index (χ4v) is 4.23. The summed E-state index contributed by atoms with van der Waals surface area (Å²) in [5.74, 6) is 0. The van der Waals surface area contributed by atoms with Crippen LogP contribution >= 0.6 is 0 Å². The summed E-state index contributed by atoms with van der Waals surface area (Å²) in [6.07, 6.45) is 6.72. The molecule has 21 heavy (non-hydrogen) atoms. The number of benzene rings is 2. The largest absolute Gasteiger partial charge is 0.397 e. The highest BCUT2D eigenvalue weighted by Gasteiger charge is 2.43. The minimum atomic E-state index is 0.344. The molecule has 4 rings (SSSR count). The molecule has 2 nitrogen and oxygen atoms in total. The first-order valence-corrected chi connectivity index (χ1v) is 8.02. The van der Waals surface area contributed by atoms with Crippen molar-refractivity contribution in [1.29, 1.82) is 0 Å². The second-order valence-electron chi connectivity index (χ2n) is 6.50. The Morgan fingerprint density at radius 3 is 2.24 bits per heavy atom. The van der Waals surface area contributed by atoms with Gasteiger partial charge in [0, 0.05) is 17.6 Å². The lowest BCUT2D eigenvalue weighted by atomic mass is 9.71. The Hall–Kier alpha value is -1.96. The maximum Gasteiger partial charge on any atom is 0.0644 e. The van der Waals surface area contributed by atoms with E-state index in [0.29, 0.717) is 5.41 Å². The molecule has 0 amide bonds. The topological polar surface area (TPSA) is 29.3 Å². The van der Waals surface area contributed by atoms with Crippen molar-refractivity contribution in [3.05, 3.63) is 54.1 Å². The first-order chi connectivity index (χ1) is 10.3. The highest BCUT2D eigenvalue weighted by Crippen LogP contribution is 2.51. The standard InChI is InChI=1S/C19H22N2/c20-16-9-3-5-11-18(16)21-14-19(12-6-1-7-13-19)15-8-2-4-10-17(15)21/h2-5,8-11H,1,6-7,12-14,20H2. The van der Waals surface area contributed by atoms with Gasteiger partial charge in [-0.05, 0) is 36.6 Å². The van der Waals surface area contributed by atoms with E-state index in [4.69, 9.17) is 5.73 Å². The number of para-hydroxylation sites is 3. The van der Waals surface area contributed by atoms with Gasteiger partial charge in [0.25, 0.3) is 0 Å². The highest BCUT2D eigenvalue weighted by atomic mass is 15.2. The number of nitrogens with two attached hydrogens (primary N) is 1. The van der Waals surface area contributed by atoms with Crippen molar-refractivity contribution < 1.29 is 0 Å². The van der Waals surface area contributed by atoms with Gasteiger partial charge in [0.05, 0.1) is 11.4 Å². The molecular formula is C19H22N2. The number of fused-ring (bicyclic) bond motifs is 2. The molecule has 2 N–H and O–H groups in total. The summed E-state index contributed by atoms with van der Waals surface area (Å²) < 4.78 is 0. The fraction of sp³-hybridized carbons (Fsp3) is 0.368. The van der Waals surface area contributed by atoms with E-state index in [-0.39, 0.29) is 0 Å². The van der Waals surface area contributed by atoms with Gasteiger partial charge in [-0.15, -0.1) is 0 Å². The molecule has 0 atom stereocenters. The Kier molecular flexibility index (Phi) is 2.91. The summed E-state index contributed by atoms with van der Waals surface area (Å²) in [6, 6.07) is 17.2. The summed E-state index contributed by atoms with van der Waals surface area (Å²) in [7, 11) is 0. The molecule has 2 aromatic rings. The average Bonchev–Trinajstić information content (AvgIpc) is 2.84. The molecule has 1 aliphatic carbocycles. The molecule has 1 fully saturated rings. The van der Waals surface area contributed by atoms with Crippen LogP contribution in [-0.2, 0) is 5.41 Å². The van der Waals surface area contributed by atoms with Gasteiger partial charge in [-0.3, -0.25) is 0 Å². The lowest BCUT2D eigenvalue weighted by molar-refractivity contribution is 0.314. The van der Waals surface area contributed by atoms with Crippen LogP contribution in [0.25, 0.3) is 0 Å². The number of nitrogen functional groups attached to an aromatic ring is 1. The maximum absolute atomic E-state index is 6.23. The third-order valence-electron chi connectivity index (χ3n) is 5.27. The lowest BCUT2D eigenvalue weighted by Crippen LogP contribution is -2.33. The van der Waals surface area contributed by atoms with E-state index in [1.54, 1.807) is 0 Å². The van der Waals surface area contributed by atoms with E-state index in [1.807, 2.05) is 12.1 Å². The van der Waals surface area contributed by atoms with E-state index >= 15 is 0 Å². The summed E-state index contributed by atoms with van der Waals surface area (Å²) in [5, 5.41) is 0. The summed E-state index contributed by atoms with van der Waals surface area (Å²) in [5.41, 5.74) is 11.5. The van der Waals surface area contributed by atoms with Crippen LogP contribution in [0.2, 0.25) is 0 Å². The van der Waals surface area contributed by atoms with Crippen LogP contribution in [0.1, 0.15) is 37.7 Å². The third kappa shape index (κ3) is 1.93. The van der Waals surface area contributed by atoms with Gasteiger partial charge in [0.1, 0.15) is 0 Å². The molecule has 108 valence electrons. The summed E-state index contributed by atoms with van der Waals surface area (Å²) >= 11 is 0. The van der Waals surface area contributed by atoms with E-state index in [2.05, 4.69) is 41.3 Å². The molecule has 1 heterocycles. The smallest absolute Gasteiger partial charge is 0.0644 e. The third-order valence-corrected chi connectivity index (χ3v) is 5.27. The Bertz CT molecular complexity index is 656. The van der Waals surface area contributed by atoms with Crippen LogP contribution in [-0.4, -0.2) is 6.54 Å². The van der Waals surface area contributed by atoms with E-state index in [1.165, 1.54) is 43.4 Å². The number of hydrogen-bond acceptors (Lipinski definition) is 2. The summed E-state index contributed by atoms with van der Waals surface area (Å²) in [6.45, 7) is 1.08. The number of hydrogen-bond donors (Lipinski definition) is 1. The van der Waals surface area contributed by atoms with Crippen molar-refractivity contribution >= 4 is 17.1 Å². The van der Waals surface area contributed by atoms with E-state index in [0.717, 1.165) is 17.9 Å². The molecule has 2 aliphatic rings. The van der Waals surface area contributed by atoms with Crippen molar-refractivity contribution in [3.63, 3.8) is 0 Å². The predicted molar refractivity (Wildman–Crippen MR) is 89.1 cm³/mol. The molecule has 1 saturated carbocycles. The normalized spacial score (nSPS) is 19.7. The second kappa shape index (κ2) is 4.80. The van der Waals surface area contributed by atoms with Crippen molar-refractivity contribution in [2.45, 2.75) is 37.5 Å². The van der Waals surface area contributed by atoms with Gasteiger partial charge in [0.15, 0.2) is 0 Å². The van der Waals surface area contributed by atoms with Crippen LogP contribution in [0.4, 0.5) is 17.1 Å². The van der Waals surface area contributed by atoms with Crippen LogP contribution in [0.3, 0.4) is 0 Å². The molecule has 1 spiro atoms. The molecular weight excluding hydrogens is 256 g/mol. The molecule has 0 unspecified atom stereocenters.